The van der Waals surface area contributed by atoms with Crippen LogP contribution in [0.3, 0.4) is 0 Å². The minimum atomic E-state index is 0.524. The molecule has 0 spiro atoms. The summed E-state index contributed by atoms with van der Waals surface area (Å²) in [6, 6.07) is 6.64. The molecule has 0 aliphatic carbocycles. The summed E-state index contributed by atoms with van der Waals surface area (Å²) < 4.78 is 0.965. The number of hydrogen-bond acceptors (Lipinski definition) is 1. The van der Waals surface area contributed by atoms with Gasteiger partial charge in [0, 0.05) is 10.5 Å². The van der Waals surface area contributed by atoms with Crippen molar-refractivity contribution < 1.29 is 0 Å². The van der Waals surface area contributed by atoms with Crippen molar-refractivity contribution >= 4 is 27.5 Å². The van der Waals surface area contributed by atoms with Gasteiger partial charge in [-0.1, -0.05) is 17.7 Å². The van der Waals surface area contributed by atoms with E-state index >= 15 is 0 Å². The van der Waals surface area contributed by atoms with Gasteiger partial charge >= 0.3 is 0 Å². The van der Waals surface area contributed by atoms with Gasteiger partial charge in [-0.25, -0.2) is 0 Å². The van der Waals surface area contributed by atoms with E-state index in [0.717, 1.165) is 16.0 Å². The number of halogens is 2. The van der Waals surface area contributed by atoms with Crippen molar-refractivity contribution in [1.29, 1.82) is 0 Å². The second-order valence-electron chi connectivity index (χ2n) is 2.97. The molecule has 0 unspecified atom stereocenters. The van der Waals surface area contributed by atoms with E-state index < -0.39 is 0 Å². The summed E-state index contributed by atoms with van der Waals surface area (Å²) in [7, 11) is 0. The Balaban J connectivity index is 2.27. The molecule has 0 saturated carbocycles. The normalized spacial score (nSPS) is 22.0. The highest BCUT2D eigenvalue weighted by molar-refractivity contribution is 9.10. The molecule has 2 rings (SSSR count). The van der Waals surface area contributed by atoms with E-state index in [1.165, 1.54) is 12.0 Å². The molecule has 3 heteroatoms. The van der Waals surface area contributed by atoms with Gasteiger partial charge in [-0.15, -0.1) is 0 Å². The molecule has 1 atom stereocenters. The maximum Gasteiger partial charge on any atom is 0.0551 e. The maximum absolute atomic E-state index is 5.96. The lowest BCUT2D eigenvalue weighted by atomic mass is 9.98. The number of rotatable bonds is 1. The van der Waals surface area contributed by atoms with Crippen molar-refractivity contribution in [2.45, 2.75) is 12.5 Å². The van der Waals surface area contributed by atoms with E-state index in [4.69, 9.17) is 11.6 Å². The third-order valence-corrected chi connectivity index (χ3v) is 3.40. The third-order valence-electron chi connectivity index (χ3n) is 2.17. The van der Waals surface area contributed by atoms with Crippen LogP contribution in [-0.4, -0.2) is 6.54 Å². The molecule has 1 aliphatic heterocycles. The Labute approximate surface area is 85.2 Å². The van der Waals surface area contributed by atoms with Gasteiger partial charge in [0.2, 0.25) is 0 Å². The van der Waals surface area contributed by atoms with Crippen LogP contribution in [0.4, 0.5) is 0 Å². The molecule has 64 valence electrons. The molecule has 0 radical (unpaired) electrons. The standard InChI is InChI=1S/C9H9BrClN/c10-7-2-1-6(5-8(7)11)9-3-4-12-9/h1-2,5,9,12H,3-4H2/t9-/m0/s1. The first kappa shape index (κ1) is 8.54. The van der Waals surface area contributed by atoms with Crippen LogP contribution >= 0.6 is 27.5 Å². The Morgan fingerprint density at radius 2 is 2.25 bits per heavy atom. The molecule has 0 bridgehead atoms. The van der Waals surface area contributed by atoms with Gasteiger partial charge < -0.3 is 5.32 Å². The zero-order valence-corrected chi connectivity index (χ0v) is 8.82. The average Bonchev–Trinajstić information content (AvgIpc) is 1.93. The minimum absolute atomic E-state index is 0.524. The van der Waals surface area contributed by atoms with Crippen molar-refractivity contribution in [3.05, 3.63) is 33.3 Å². The van der Waals surface area contributed by atoms with Crippen molar-refractivity contribution in [3.8, 4) is 0 Å². The highest BCUT2D eigenvalue weighted by Crippen LogP contribution is 2.29. The topological polar surface area (TPSA) is 12.0 Å². The van der Waals surface area contributed by atoms with Crippen LogP contribution in [0.1, 0.15) is 18.0 Å². The molecule has 1 aromatic rings. The number of benzene rings is 1. The van der Waals surface area contributed by atoms with Crippen LogP contribution in [-0.2, 0) is 0 Å². The van der Waals surface area contributed by atoms with Gasteiger partial charge in [-0.05, 0) is 46.6 Å². The van der Waals surface area contributed by atoms with E-state index in [2.05, 4.69) is 27.3 Å². The Morgan fingerprint density at radius 3 is 2.75 bits per heavy atom. The fourth-order valence-electron chi connectivity index (χ4n) is 1.30. The molecule has 1 aromatic carbocycles. The van der Waals surface area contributed by atoms with Gasteiger partial charge in [0.05, 0.1) is 5.02 Å². The number of nitrogens with one attached hydrogen (secondary N) is 1. The molecule has 0 aromatic heterocycles. The number of hydrogen-bond donors (Lipinski definition) is 1. The van der Waals surface area contributed by atoms with Crippen molar-refractivity contribution in [2.75, 3.05) is 6.54 Å². The lowest BCUT2D eigenvalue weighted by Gasteiger charge is -2.28. The van der Waals surface area contributed by atoms with Gasteiger partial charge in [-0.3, -0.25) is 0 Å². The Morgan fingerprint density at radius 1 is 1.50 bits per heavy atom. The monoisotopic (exact) mass is 245 g/mol. The first-order valence-corrected chi connectivity index (χ1v) is 5.13. The molecule has 1 nitrogen and oxygen atoms in total. The Kier molecular flexibility index (Phi) is 2.40. The lowest BCUT2D eigenvalue weighted by molar-refractivity contribution is 0.383. The quantitative estimate of drug-likeness (QED) is 0.803. The minimum Gasteiger partial charge on any atom is -0.310 e. The van der Waals surface area contributed by atoms with Crippen molar-refractivity contribution in [1.82, 2.24) is 5.32 Å². The molecule has 0 amide bonds. The molecule has 12 heavy (non-hydrogen) atoms. The second-order valence-corrected chi connectivity index (χ2v) is 4.23. The Bertz CT molecular complexity index is 297. The van der Waals surface area contributed by atoms with E-state index in [9.17, 15) is 0 Å². The summed E-state index contributed by atoms with van der Waals surface area (Å²) in [6.07, 6.45) is 1.22. The van der Waals surface area contributed by atoms with Crippen LogP contribution in [0.5, 0.6) is 0 Å². The van der Waals surface area contributed by atoms with Crippen LogP contribution in [0.15, 0.2) is 22.7 Å². The van der Waals surface area contributed by atoms with Crippen molar-refractivity contribution in [3.63, 3.8) is 0 Å². The third kappa shape index (κ3) is 1.51. The van der Waals surface area contributed by atoms with Crippen LogP contribution in [0.25, 0.3) is 0 Å². The zero-order valence-electron chi connectivity index (χ0n) is 6.48. The SMILES string of the molecule is Clc1cc([C@@H]2CCN2)ccc1Br. The molecule has 1 saturated heterocycles. The summed E-state index contributed by atoms with van der Waals surface area (Å²) in [5.74, 6) is 0. The van der Waals surface area contributed by atoms with Crippen molar-refractivity contribution in [2.24, 2.45) is 0 Å². The Hall–Kier alpha value is -0.0500. The predicted octanol–water partition coefficient (Wildman–Crippen LogP) is 3.14. The van der Waals surface area contributed by atoms with Gasteiger partial charge in [0.15, 0.2) is 0 Å². The summed E-state index contributed by atoms with van der Waals surface area (Å²) >= 11 is 9.33. The van der Waals surface area contributed by atoms with E-state index in [-0.39, 0.29) is 0 Å². The van der Waals surface area contributed by atoms with E-state index in [1.807, 2.05) is 12.1 Å². The maximum atomic E-state index is 5.96. The highest BCUT2D eigenvalue weighted by atomic mass is 79.9. The molecule has 1 N–H and O–H groups in total. The summed E-state index contributed by atoms with van der Waals surface area (Å²) in [6.45, 7) is 1.12. The van der Waals surface area contributed by atoms with Crippen LogP contribution in [0, 0.1) is 0 Å². The fourth-order valence-corrected chi connectivity index (χ4v) is 1.74. The van der Waals surface area contributed by atoms with E-state index in [0.29, 0.717) is 6.04 Å². The van der Waals surface area contributed by atoms with Gasteiger partial charge in [-0.2, -0.15) is 0 Å². The fraction of sp³-hybridized carbons (Fsp3) is 0.333. The van der Waals surface area contributed by atoms with Crippen LogP contribution in [0.2, 0.25) is 5.02 Å². The van der Waals surface area contributed by atoms with Crippen LogP contribution < -0.4 is 5.32 Å². The lowest BCUT2D eigenvalue weighted by Crippen LogP contribution is -2.34. The first-order valence-electron chi connectivity index (χ1n) is 3.96. The second kappa shape index (κ2) is 3.36. The van der Waals surface area contributed by atoms with Gasteiger partial charge in [0.1, 0.15) is 0 Å². The molecule has 1 heterocycles. The highest BCUT2D eigenvalue weighted by Gasteiger charge is 2.18. The zero-order chi connectivity index (χ0) is 8.55. The average molecular weight is 247 g/mol. The molecule has 1 aliphatic rings. The summed E-state index contributed by atoms with van der Waals surface area (Å²) in [5, 5.41) is 4.13. The predicted molar refractivity (Wildman–Crippen MR) is 54.5 cm³/mol. The molecular weight excluding hydrogens is 237 g/mol. The summed E-state index contributed by atoms with van der Waals surface area (Å²) in [5.41, 5.74) is 1.29. The first-order chi connectivity index (χ1) is 5.77. The largest absolute Gasteiger partial charge is 0.310 e. The smallest absolute Gasteiger partial charge is 0.0551 e. The van der Waals surface area contributed by atoms with E-state index in [1.54, 1.807) is 0 Å². The molecule has 1 fully saturated rings. The summed E-state index contributed by atoms with van der Waals surface area (Å²) in [4.78, 5) is 0. The van der Waals surface area contributed by atoms with Gasteiger partial charge in [0.25, 0.3) is 0 Å². The molecular formula is C9H9BrClN.